The molecule has 22 heavy (non-hydrogen) atoms. The second kappa shape index (κ2) is 10.2. The highest BCUT2D eigenvalue weighted by atomic mass is 35.5. The van der Waals surface area contributed by atoms with Crippen molar-refractivity contribution < 1.29 is 9.18 Å². The van der Waals surface area contributed by atoms with E-state index in [1.807, 2.05) is 0 Å². The minimum absolute atomic E-state index is 0. The Bertz CT molecular complexity index is 578. The van der Waals surface area contributed by atoms with Gasteiger partial charge in [0, 0.05) is 31.9 Å². The van der Waals surface area contributed by atoms with E-state index in [1.165, 1.54) is 12.4 Å². The van der Waals surface area contributed by atoms with Gasteiger partial charge in [-0.25, -0.2) is 9.37 Å². The van der Waals surface area contributed by atoms with Crippen LogP contribution in [0.2, 0.25) is 0 Å². The molecule has 2 rings (SSSR count). The molecule has 2 N–H and O–H groups in total. The first-order valence-corrected chi connectivity index (χ1v) is 6.39. The highest BCUT2D eigenvalue weighted by molar-refractivity contribution is 5.85. The summed E-state index contributed by atoms with van der Waals surface area (Å²) in [6.07, 6.45) is 5.22. The molecule has 1 aromatic carbocycles. The molecular weight excluding hydrogens is 330 g/mol. The maximum Gasteiger partial charge on any atom is 0.221 e. The fourth-order valence-electron chi connectivity index (χ4n) is 1.80. The maximum absolute atomic E-state index is 14.0. The van der Waals surface area contributed by atoms with Crippen LogP contribution in [-0.4, -0.2) is 29.1 Å². The maximum atomic E-state index is 14.0. The predicted octanol–water partition coefficient (Wildman–Crippen LogP) is 2.08. The van der Waals surface area contributed by atoms with Gasteiger partial charge >= 0.3 is 0 Å². The Labute approximate surface area is 141 Å². The van der Waals surface area contributed by atoms with E-state index < -0.39 is 0 Å². The molecule has 0 fully saturated rings. The Morgan fingerprint density at radius 2 is 2.14 bits per heavy atom. The summed E-state index contributed by atoms with van der Waals surface area (Å²) in [5, 5.41) is 5.65. The van der Waals surface area contributed by atoms with Gasteiger partial charge in [0.25, 0.3) is 0 Å². The Morgan fingerprint density at radius 1 is 1.36 bits per heavy atom. The number of hydrogen-bond acceptors (Lipinski definition) is 3. The highest BCUT2D eigenvalue weighted by Gasteiger charge is 2.06. The van der Waals surface area contributed by atoms with E-state index in [2.05, 4.69) is 15.6 Å². The SMILES string of the molecule is CNCCC(=O)NCc1ccc(-n2ccnc2)c(F)c1.Cl.Cl. The van der Waals surface area contributed by atoms with Crippen molar-refractivity contribution in [3.05, 3.63) is 48.3 Å². The molecule has 0 atom stereocenters. The standard InChI is InChI=1S/C14H17FN4O.2ClH/c1-16-5-4-14(20)18-9-11-2-3-13(12(15)8-11)19-7-6-17-10-19;;/h2-3,6-8,10,16H,4-5,9H2,1H3,(H,18,20);2*1H. The molecule has 8 heteroatoms. The van der Waals surface area contributed by atoms with E-state index >= 15 is 0 Å². The first-order valence-electron chi connectivity index (χ1n) is 6.39. The lowest BCUT2D eigenvalue weighted by atomic mass is 10.2. The van der Waals surface area contributed by atoms with Crippen molar-refractivity contribution in [2.75, 3.05) is 13.6 Å². The molecule has 0 aliphatic heterocycles. The lowest BCUT2D eigenvalue weighted by molar-refractivity contribution is -0.121. The van der Waals surface area contributed by atoms with Crippen molar-refractivity contribution >= 4 is 30.7 Å². The van der Waals surface area contributed by atoms with Gasteiger partial charge in [-0.3, -0.25) is 4.79 Å². The van der Waals surface area contributed by atoms with Crippen molar-refractivity contribution in [2.24, 2.45) is 0 Å². The fraction of sp³-hybridized carbons (Fsp3) is 0.286. The summed E-state index contributed by atoms with van der Waals surface area (Å²) in [6.45, 7) is 0.948. The van der Waals surface area contributed by atoms with Crippen LogP contribution in [-0.2, 0) is 11.3 Å². The lowest BCUT2D eigenvalue weighted by Gasteiger charge is -2.08. The number of benzene rings is 1. The largest absolute Gasteiger partial charge is 0.352 e. The molecule has 0 saturated carbocycles. The number of amides is 1. The molecule has 0 bridgehead atoms. The van der Waals surface area contributed by atoms with E-state index in [1.54, 1.807) is 36.1 Å². The topological polar surface area (TPSA) is 59.0 Å². The molecule has 1 heterocycles. The molecule has 0 radical (unpaired) electrons. The Balaban J connectivity index is 0.00000220. The van der Waals surface area contributed by atoms with Crippen molar-refractivity contribution in [3.63, 3.8) is 0 Å². The number of carbonyl (C=O) groups excluding carboxylic acids is 1. The molecule has 0 unspecified atom stereocenters. The van der Waals surface area contributed by atoms with Crippen LogP contribution >= 0.6 is 24.8 Å². The molecule has 0 spiro atoms. The number of imidazole rings is 1. The van der Waals surface area contributed by atoms with Crippen molar-refractivity contribution in [1.29, 1.82) is 0 Å². The predicted molar refractivity (Wildman–Crippen MR) is 88.4 cm³/mol. The molecule has 1 amide bonds. The van der Waals surface area contributed by atoms with Gasteiger partial charge in [0.05, 0.1) is 12.0 Å². The zero-order valence-electron chi connectivity index (χ0n) is 12.1. The number of nitrogens with one attached hydrogen (secondary N) is 2. The summed E-state index contributed by atoms with van der Waals surface area (Å²) in [4.78, 5) is 15.3. The van der Waals surface area contributed by atoms with E-state index in [-0.39, 0.29) is 36.5 Å². The number of nitrogens with zero attached hydrogens (tertiary/aromatic N) is 2. The minimum atomic E-state index is -0.343. The number of hydrogen-bond donors (Lipinski definition) is 2. The van der Waals surface area contributed by atoms with Gasteiger partial charge in [0.1, 0.15) is 5.82 Å². The Morgan fingerprint density at radius 3 is 2.73 bits per heavy atom. The summed E-state index contributed by atoms with van der Waals surface area (Å²) in [5.74, 6) is -0.400. The third-order valence-electron chi connectivity index (χ3n) is 2.89. The number of carbonyl (C=O) groups is 1. The Kier molecular flexibility index (Phi) is 9.40. The fourth-order valence-corrected chi connectivity index (χ4v) is 1.80. The van der Waals surface area contributed by atoms with Gasteiger partial charge in [0.2, 0.25) is 5.91 Å². The number of rotatable bonds is 6. The van der Waals surface area contributed by atoms with Crippen LogP contribution in [0.4, 0.5) is 4.39 Å². The number of halogens is 3. The second-order valence-corrected chi connectivity index (χ2v) is 4.39. The van der Waals surface area contributed by atoms with Gasteiger partial charge in [0.15, 0.2) is 0 Å². The molecule has 2 aromatic rings. The van der Waals surface area contributed by atoms with Crippen LogP contribution in [0.25, 0.3) is 5.69 Å². The summed E-state index contributed by atoms with van der Waals surface area (Å²) < 4.78 is 15.6. The summed E-state index contributed by atoms with van der Waals surface area (Å²) >= 11 is 0. The van der Waals surface area contributed by atoms with E-state index in [0.717, 1.165) is 5.56 Å². The zero-order valence-corrected chi connectivity index (χ0v) is 13.7. The minimum Gasteiger partial charge on any atom is -0.352 e. The second-order valence-electron chi connectivity index (χ2n) is 4.39. The van der Waals surface area contributed by atoms with E-state index in [4.69, 9.17) is 0 Å². The van der Waals surface area contributed by atoms with Crippen molar-refractivity contribution in [1.82, 2.24) is 20.2 Å². The average Bonchev–Trinajstić information content (AvgIpc) is 2.97. The average molecular weight is 349 g/mol. The lowest BCUT2D eigenvalue weighted by Crippen LogP contribution is -2.26. The van der Waals surface area contributed by atoms with Crippen LogP contribution in [0.5, 0.6) is 0 Å². The van der Waals surface area contributed by atoms with E-state index in [0.29, 0.717) is 25.2 Å². The normalized spacial score (nSPS) is 9.55. The summed E-state index contributed by atoms with van der Waals surface area (Å²) in [7, 11) is 1.79. The van der Waals surface area contributed by atoms with Gasteiger partial charge in [-0.1, -0.05) is 6.07 Å². The molecule has 5 nitrogen and oxygen atoms in total. The van der Waals surface area contributed by atoms with Crippen molar-refractivity contribution in [3.8, 4) is 5.69 Å². The van der Waals surface area contributed by atoms with E-state index in [9.17, 15) is 9.18 Å². The monoisotopic (exact) mass is 348 g/mol. The molecule has 0 aliphatic carbocycles. The van der Waals surface area contributed by atoms with Crippen LogP contribution in [0.1, 0.15) is 12.0 Å². The smallest absolute Gasteiger partial charge is 0.221 e. The van der Waals surface area contributed by atoms with Gasteiger partial charge in [-0.05, 0) is 24.7 Å². The van der Waals surface area contributed by atoms with Crippen LogP contribution < -0.4 is 10.6 Å². The van der Waals surface area contributed by atoms with Gasteiger partial charge < -0.3 is 15.2 Å². The molecular formula is C14H19Cl2FN4O. The molecule has 122 valence electrons. The van der Waals surface area contributed by atoms with Crippen molar-refractivity contribution in [2.45, 2.75) is 13.0 Å². The number of aromatic nitrogens is 2. The van der Waals surface area contributed by atoms with Crippen LogP contribution in [0.15, 0.2) is 36.9 Å². The van der Waals surface area contributed by atoms with Gasteiger partial charge in [-0.15, -0.1) is 24.8 Å². The quantitative estimate of drug-likeness (QED) is 0.840. The molecule has 1 aromatic heterocycles. The molecule has 0 saturated heterocycles. The highest BCUT2D eigenvalue weighted by Crippen LogP contribution is 2.14. The first-order chi connectivity index (χ1) is 9.70. The third kappa shape index (κ3) is 5.63. The summed E-state index contributed by atoms with van der Waals surface area (Å²) in [6, 6.07) is 4.89. The van der Waals surface area contributed by atoms with Gasteiger partial charge in [-0.2, -0.15) is 0 Å². The summed E-state index contributed by atoms with van der Waals surface area (Å²) in [5.41, 5.74) is 1.16. The van der Waals surface area contributed by atoms with Crippen LogP contribution in [0, 0.1) is 5.82 Å². The molecule has 0 aliphatic rings. The Hall–Kier alpha value is -1.63. The third-order valence-corrected chi connectivity index (χ3v) is 2.89. The zero-order chi connectivity index (χ0) is 14.4. The first kappa shape index (κ1) is 20.4. The van der Waals surface area contributed by atoms with Crippen LogP contribution in [0.3, 0.4) is 0 Å².